The first-order valence-electron chi connectivity index (χ1n) is 7.37. The third-order valence-corrected chi connectivity index (χ3v) is 3.76. The van der Waals surface area contributed by atoms with Crippen molar-refractivity contribution in [3.63, 3.8) is 0 Å². The number of hydrogen-bond donors (Lipinski definition) is 2. The summed E-state index contributed by atoms with van der Waals surface area (Å²) in [4.78, 5) is 0. The average Bonchev–Trinajstić information content (AvgIpc) is 2.97. The number of aromatic amines is 1. The maximum absolute atomic E-state index is 6.03. The fraction of sp³-hybridized carbons (Fsp3) is 0. The average molecular weight is 301 g/mol. The molecule has 0 fully saturated rings. The van der Waals surface area contributed by atoms with E-state index in [2.05, 4.69) is 10.2 Å². The van der Waals surface area contributed by atoms with E-state index in [0.29, 0.717) is 5.82 Å². The van der Waals surface area contributed by atoms with Gasteiger partial charge in [-0.3, -0.25) is 5.10 Å². The quantitative estimate of drug-likeness (QED) is 0.581. The Balaban J connectivity index is 1.78. The Hall–Kier alpha value is -3.27. The number of nitrogen functional groups attached to an aromatic ring is 1. The van der Waals surface area contributed by atoms with E-state index >= 15 is 0 Å². The van der Waals surface area contributed by atoms with Gasteiger partial charge in [-0.2, -0.15) is 5.10 Å². The van der Waals surface area contributed by atoms with Gasteiger partial charge in [-0.15, -0.1) is 0 Å². The van der Waals surface area contributed by atoms with Crippen LogP contribution in [0, 0.1) is 0 Å². The normalized spacial score (nSPS) is 10.8. The fourth-order valence-corrected chi connectivity index (χ4v) is 2.62. The lowest BCUT2D eigenvalue weighted by Crippen LogP contribution is -1.88. The molecule has 0 aliphatic carbocycles. The first kappa shape index (κ1) is 13.4. The molecule has 23 heavy (non-hydrogen) atoms. The van der Waals surface area contributed by atoms with Crippen LogP contribution >= 0.6 is 0 Å². The number of nitrogens with two attached hydrogens (primary N) is 1. The Morgan fingerprint density at radius 3 is 2.52 bits per heavy atom. The highest BCUT2D eigenvalue weighted by Crippen LogP contribution is 2.34. The van der Waals surface area contributed by atoms with E-state index in [9.17, 15) is 0 Å². The van der Waals surface area contributed by atoms with E-state index in [1.165, 1.54) is 0 Å². The Morgan fingerprint density at radius 1 is 0.870 bits per heavy atom. The maximum atomic E-state index is 6.03. The van der Waals surface area contributed by atoms with Gasteiger partial charge in [0.05, 0.1) is 5.52 Å². The molecule has 4 rings (SSSR count). The largest absolute Gasteiger partial charge is 0.457 e. The first-order chi connectivity index (χ1) is 11.3. The lowest BCUT2D eigenvalue weighted by molar-refractivity contribution is 0.484. The van der Waals surface area contributed by atoms with E-state index in [4.69, 9.17) is 10.5 Å². The number of aromatic nitrogens is 2. The van der Waals surface area contributed by atoms with Gasteiger partial charge in [-0.1, -0.05) is 42.5 Å². The van der Waals surface area contributed by atoms with Crippen molar-refractivity contribution in [3.05, 3.63) is 72.8 Å². The molecule has 0 aliphatic heterocycles. The molecular formula is C19H15N3O. The number of fused-ring (bicyclic) bond motifs is 1. The van der Waals surface area contributed by atoms with Crippen molar-refractivity contribution in [2.45, 2.75) is 0 Å². The van der Waals surface area contributed by atoms with E-state index < -0.39 is 0 Å². The molecular weight excluding hydrogens is 286 g/mol. The summed E-state index contributed by atoms with van der Waals surface area (Å²) in [6, 6.07) is 23.8. The number of hydrogen-bond acceptors (Lipinski definition) is 3. The van der Waals surface area contributed by atoms with Crippen LogP contribution in [0.1, 0.15) is 0 Å². The molecule has 0 aliphatic rings. The Morgan fingerprint density at radius 2 is 1.65 bits per heavy atom. The molecule has 0 amide bonds. The number of ether oxygens (including phenoxy) is 1. The van der Waals surface area contributed by atoms with Crippen LogP contribution in [0.25, 0.3) is 22.0 Å². The zero-order valence-electron chi connectivity index (χ0n) is 12.4. The fourth-order valence-electron chi connectivity index (χ4n) is 2.62. The van der Waals surface area contributed by atoms with Crippen LogP contribution in [0.4, 0.5) is 5.82 Å². The van der Waals surface area contributed by atoms with Crippen LogP contribution in [0.3, 0.4) is 0 Å². The molecule has 3 aromatic carbocycles. The van der Waals surface area contributed by atoms with E-state index in [-0.39, 0.29) is 0 Å². The smallest absolute Gasteiger partial charge is 0.153 e. The molecule has 0 unspecified atom stereocenters. The summed E-state index contributed by atoms with van der Waals surface area (Å²) in [5.74, 6) is 2.14. The molecule has 4 aromatic rings. The number of anilines is 1. The van der Waals surface area contributed by atoms with Gasteiger partial charge in [0.1, 0.15) is 11.5 Å². The summed E-state index contributed by atoms with van der Waals surface area (Å²) in [6.45, 7) is 0. The van der Waals surface area contributed by atoms with Crippen molar-refractivity contribution < 1.29 is 4.74 Å². The van der Waals surface area contributed by atoms with Gasteiger partial charge in [0.15, 0.2) is 5.82 Å². The maximum Gasteiger partial charge on any atom is 0.153 e. The minimum atomic E-state index is 0.514. The van der Waals surface area contributed by atoms with Crippen molar-refractivity contribution >= 4 is 16.7 Å². The summed E-state index contributed by atoms with van der Waals surface area (Å²) in [5, 5.41) is 7.92. The second-order valence-corrected chi connectivity index (χ2v) is 5.28. The van der Waals surface area contributed by atoms with Gasteiger partial charge >= 0.3 is 0 Å². The number of rotatable bonds is 3. The van der Waals surface area contributed by atoms with Crippen LogP contribution in [-0.2, 0) is 0 Å². The van der Waals surface area contributed by atoms with Crippen molar-refractivity contribution in [3.8, 4) is 22.6 Å². The van der Waals surface area contributed by atoms with E-state index in [1.807, 2.05) is 72.8 Å². The summed E-state index contributed by atoms with van der Waals surface area (Å²) < 4.78 is 6.03. The van der Waals surface area contributed by atoms with Gasteiger partial charge in [0.2, 0.25) is 0 Å². The molecule has 4 nitrogen and oxygen atoms in total. The van der Waals surface area contributed by atoms with Crippen molar-refractivity contribution in [1.82, 2.24) is 10.2 Å². The molecule has 0 bridgehead atoms. The minimum absolute atomic E-state index is 0.514. The second kappa shape index (κ2) is 5.50. The number of para-hydroxylation sites is 2. The lowest BCUT2D eigenvalue weighted by atomic mass is 10.0. The van der Waals surface area contributed by atoms with Crippen LogP contribution in [0.2, 0.25) is 0 Å². The van der Waals surface area contributed by atoms with Gasteiger partial charge in [-0.25, -0.2) is 0 Å². The number of nitrogens with zero attached hydrogens (tertiary/aromatic N) is 1. The summed E-state index contributed by atoms with van der Waals surface area (Å²) >= 11 is 0. The van der Waals surface area contributed by atoms with Crippen LogP contribution < -0.4 is 10.5 Å². The summed E-state index contributed by atoms with van der Waals surface area (Å²) in [6.07, 6.45) is 0. The highest BCUT2D eigenvalue weighted by molar-refractivity contribution is 5.92. The molecule has 0 spiro atoms. The molecule has 0 saturated carbocycles. The predicted molar refractivity (Wildman–Crippen MR) is 92.5 cm³/mol. The molecule has 0 radical (unpaired) electrons. The van der Waals surface area contributed by atoms with Gasteiger partial charge in [0.25, 0.3) is 0 Å². The molecule has 3 N–H and O–H groups in total. The number of H-pyrrole nitrogens is 1. The van der Waals surface area contributed by atoms with Crippen LogP contribution in [-0.4, -0.2) is 10.2 Å². The molecule has 0 saturated heterocycles. The van der Waals surface area contributed by atoms with Crippen molar-refractivity contribution in [2.24, 2.45) is 0 Å². The first-order valence-corrected chi connectivity index (χ1v) is 7.37. The SMILES string of the molecule is Nc1n[nH]c2cc(-c3ccccc3Oc3ccccc3)ccc12. The summed E-state index contributed by atoms with van der Waals surface area (Å²) in [7, 11) is 0. The van der Waals surface area contributed by atoms with Gasteiger partial charge in [-0.05, 0) is 35.9 Å². The van der Waals surface area contributed by atoms with E-state index in [0.717, 1.165) is 33.5 Å². The second-order valence-electron chi connectivity index (χ2n) is 5.28. The van der Waals surface area contributed by atoms with Crippen molar-refractivity contribution in [2.75, 3.05) is 5.73 Å². The Bertz CT molecular complexity index is 961. The highest BCUT2D eigenvalue weighted by atomic mass is 16.5. The predicted octanol–water partition coefficient (Wildman–Crippen LogP) is 4.60. The number of nitrogens with one attached hydrogen (secondary N) is 1. The standard InChI is InChI=1S/C19H15N3O/c20-19-16-11-10-13(12-17(16)21-22-19)15-8-4-5-9-18(15)23-14-6-2-1-3-7-14/h1-12H,(H3,20,21,22). The molecule has 4 heteroatoms. The number of benzene rings is 3. The zero-order valence-corrected chi connectivity index (χ0v) is 12.4. The van der Waals surface area contributed by atoms with E-state index in [1.54, 1.807) is 0 Å². The third kappa shape index (κ3) is 2.51. The molecule has 1 heterocycles. The molecule has 0 atom stereocenters. The van der Waals surface area contributed by atoms with Crippen molar-refractivity contribution in [1.29, 1.82) is 0 Å². The molecule has 112 valence electrons. The Kier molecular flexibility index (Phi) is 3.20. The minimum Gasteiger partial charge on any atom is -0.457 e. The lowest BCUT2D eigenvalue weighted by Gasteiger charge is -2.11. The Labute approximate surface area is 133 Å². The summed E-state index contributed by atoms with van der Waals surface area (Å²) in [5.41, 5.74) is 8.81. The van der Waals surface area contributed by atoms with Gasteiger partial charge < -0.3 is 10.5 Å². The monoisotopic (exact) mass is 301 g/mol. The van der Waals surface area contributed by atoms with Crippen LogP contribution in [0.15, 0.2) is 72.8 Å². The van der Waals surface area contributed by atoms with Gasteiger partial charge in [0, 0.05) is 10.9 Å². The zero-order chi connectivity index (χ0) is 15.6. The van der Waals surface area contributed by atoms with Crippen LogP contribution in [0.5, 0.6) is 11.5 Å². The highest BCUT2D eigenvalue weighted by Gasteiger charge is 2.09. The topological polar surface area (TPSA) is 63.9 Å². The molecule has 1 aromatic heterocycles. The third-order valence-electron chi connectivity index (χ3n) is 3.76.